The van der Waals surface area contributed by atoms with Crippen LogP contribution in [0.1, 0.15) is 23.7 Å². The number of oxime groups is 1. The Hall–Kier alpha value is -1.63. The summed E-state index contributed by atoms with van der Waals surface area (Å²) < 4.78 is 14.1. The van der Waals surface area contributed by atoms with Crippen LogP contribution in [0.2, 0.25) is 0 Å². The standard InChI is InChI=1S/C12H15BrFN3O2/c1-2-6-17(7-10(15)16-19)12(18)11-8(13)4-3-5-9(11)14/h3-5,19H,2,6-7H2,1H3,(H2,15,16). The third-order valence-corrected chi connectivity index (χ3v) is 3.10. The number of hydrogen-bond acceptors (Lipinski definition) is 3. The summed E-state index contributed by atoms with van der Waals surface area (Å²) in [5.74, 6) is -1.22. The highest BCUT2D eigenvalue weighted by atomic mass is 79.9. The molecule has 0 aliphatic rings. The first-order valence-electron chi connectivity index (χ1n) is 5.71. The minimum atomic E-state index is -0.611. The number of rotatable bonds is 5. The average Bonchev–Trinajstić information content (AvgIpc) is 2.37. The Kier molecular flexibility index (Phi) is 5.75. The monoisotopic (exact) mass is 331 g/mol. The van der Waals surface area contributed by atoms with Gasteiger partial charge in [0.05, 0.1) is 12.1 Å². The molecule has 0 atom stereocenters. The molecule has 5 nitrogen and oxygen atoms in total. The highest BCUT2D eigenvalue weighted by Gasteiger charge is 2.22. The molecule has 7 heteroatoms. The van der Waals surface area contributed by atoms with Crippen molar-refractivity contribution in [3.63, 3.8) is 0 Å². The van der Waals surface area contributed by atoms with Crippen molar-refractivity contribution in [1.29, 1.82) is 0 Å². The van der Waals surface area contributed by atoms with Gasteiger partial charge in [-0.25, -0.2) is 4.39 Å². The summed E-state index contributed by atoms with van der Waals surface area (Å²) >= 11 is 3.15. The van der Waals surface area contributed by atoms with Gasteiger partial charge in [0.1, 0.15) is 5.82 Å². The van der Waals surface area contributed by atoms with Crippen LogP contribution in [0.3, 0.4) is 0 Å². The molecule has 19 heavy (non-hydrogen) atoms. The fourth-order valence-corrected chi connectivity index (χ4v) is 2.12. The molecular weight excluding hydrogens is 317 g/mol. The van der Waals surface area contributed by atoms with Crippen LogP contribution in [-0.4, -0.2) is 34.9 Å². The number of hydrogen-bond donors (Lipinski definition) is 2. The zero-order chi connectivity index (χ0) is 14.4. The van der Waals surface area contributed by atoms with Gasteiger partial charge in [0.15, 0.2) is 5.84 Å². The largest absolute Gasteiger partial charge is 0.409 e. The Morgan fingerprint density at radius 1 is 1.58 bits per heavy atom. The van der Waals surface area contributed by atoms with Gasteiger partial charge in [0.25, 0.3) is 5.91 Å². The van der Waals surface area contributed by atoms with Crippen LogP contribution in [0.15, 0.2) is 27.8 Å². The van der Waals surface area contributed by atoms with E-state index in [-0.39, 0.29) is 17.9 Å². The van der Waals surface area contributed by atoms with Crippen molar-refractivity contribution in [3.05, 3.63) is 34.1 Å². The highest BCUT2D eigenvalue weighted by molar-refractivity contribution is 9.10. The zero-order valence-corrected chi connectivity index (χ0v) is 12.0. The van der Waals surface area contributed by atoms with Crippen molar-refractivity contribution in [3.8, 4) is 0 Å². The van der Waals surface area contributed by atoms with Crippen LogP contribution in [0.5, 0.6) is 0 Å². The fraction of sp³-hybridized carbons (Fsp3) is 0.333. The zero-order valence-electron chi connectivity index (χ0n) is 10.4. The Labute approximate surface area is 119 Å². The lowest BCUT2D eigenvalue weighted by Gasteiger charge is -2.22. The number of halogens is 2. The topological polar surface area (TPSA) is 78.9 Å². The summed E-state index contributed by atoms with van der Waals surface area (Å²) in [6, 6.07) is 4.30. The molecule has 0 saturated heterocycles. The first kappa shape index (κ1) is 15.4. The number of nitrogens with zero attached hydrogens (tertiary/aromatic N) is 2. The molecule has 0 saturated carbocycles. The molecule has 0 aliphatic heterocycles. The first-order chi connectivity index (χ1) is 9.01. The molecule has 0 radical (unpaired) electrons. The van der Waals surface area contributed by atoms with E-state index in [9.17, 15) is 9.18 Å². The molecule has 0 bridgehead atoms. The van der Waals surface area contributed by atoms with E-state index in [1.54, 1.807) is 6.07 Å². The quantitative estimate of drug-likeness (QED) is 0.375. The van der Waals surface area contributed by atoms with E-state index in [1.165, 1.54) is 17.0 Å². The second kappa shape index (κ2) is 7.08. The fourth-order valence-electron chi connectivity index (χ4n) is 1.61. The molecule has 1 amide bonds. The van der Waals surface area contributed by atoms with Crippen molar-refractivity contribution in [2.45, 2.75) is 13.3 Å². The van der Waals surface area contributed by atoms with Gasteiger partial charge in [0.2, 0.25) is 0 Å². The van der Waals surface area contributed by atoms with Crippen LogP contribution in [0.4, 0.5) is 4.39 Å². The number of amidine groups is 1. The molecule has 3 N–H and O–H groups in total. The lowest BCUT2D eigenvalue weighted by molar-refractivity contribution is 0.0772. The highest BCUT2D eigenvalue weighted by Crippen LogP contribution is 2.21. The van der Waals surface area contributed by atoms with Crippen molar-refractivity contribution in [1.82, 2.24) is 4.90 Å². The molecule has 1 aromatic carbocycles. The Bertz CT molecular complexity index is 474. The molecule has 0 aliphatic carbocycles. The Morgan fingerprint density at radius 2 is 2.26 bits per heavy atom. The molecule has 104 valence electrons. The predicted molar refractivity (Wildman–Crippen MR) is 73.7 cm³/mol. The lowest BCUT2D eigenvalue weighted by atomic mass is 10.1. The number of nitrogens with two attached hydrogens (primary N) is 1. The summed E-state index contributed by atoms with van der Waals surface area (Å²) in [7, 11) is 0. The minimum absolute atomic E-state index is 0.0516. The maximum atomic E-state index is 13.7. The number of carbonyl (C=O) groups excluding carboxylic acids is 1. The van der Waals surface area contributed by atoms with E-state index in [0.717, 1.165) is 0 Å². The van der Waals surface area contributed by atoms with Gasteiger partial charge >= 0.3 is 0 Å². The second-order valence-corrected chi connectivity index (χ2v) is 4.77. The maximum absolute atomic E-state index is 13.7. The van der Waals surface area contributed by atoms with Gasteiger partial charge in [-0.05, 0) is 34.5 Å². The first-order valence-corrected chi connectivity index (χ1v) is 6.50. The average molecular weight is 332 g/mol. The SMILES string of the molecule is CCCN(C/C(N)=N/O)C(=O)c1c(F)cccc1Br. The summed E-state index contributed by atoms with van der Waals surface area (Å²) in [5.41, 5.74) is 5.34. The predicted octanol–water partition coefficient (Wildman–Crippen LogP) is 2.19. The van der Waals surface area contributed by atoms with E-state index in [2.05, 4.69) is 21.1 Å². The van der Waals surface area contributed by atoms with Gasteiger partial charge in [-0.1, -0.05) is 18.1 Å². The van der Waals surface area contributed by atoms with Crippen LogP contribution in [0.25, 0.3) is 0 Å². The van der Waals surface area contributed by atoms with Crippen LogP contribution in [0, 0.1) is 5.82 Å². The number of carbonyl (C=O) groups is 1. The normalized spacial score (nSPS) is 11.4. The lowest BCUT2D eigenvalue weighted by Crippen LogP contribution is -2.39. The van der Waals surface area contributed by atoms with Crippen LogP contribution >= 0.6 is 15.9 Å². The Balaban J connectivity index is 3.05. The van der Waals surface area contributed by atoms with Gasteiger partial charge in [-0.15, -0.1) is 0 Å². The van der Waals surface area contributed by atoms with E-state index in [1.807, 2.05) is 6.92 Å². The van der Waals surface area contributed by atoms with Gasteiger partial charge in [0, 0.05) is 11.0 Å². The molecule has 0 heterocycles. The minimum Gasteiger partial charge on any atom is -0.409 e. The van der Waals surface area contributed by atoms with E-state index in [0.29, 0.717) is 17.4 Å². The molecule has 0 fully saturated rings. The molecule has 1 aromatic rings. The van der Waals surface area contributed by atoms with Crippen molar-refractivity contribution in [2.24, 2.45) is 10.9 Å². The molecule has 0 unspecified atom stereocenters. The van der Waals surface area contributed by atoms with Crippen LogP contribution in [-0.2, 0) is 0 Å². The summed E-state index contributed by atoms with van der Waals surface area (Å²) in [4.78, 5) is 13.6. The molecule has 1 rings (SSSR count). The summed E-state index contributed by atoms with van der Waals surface area (Å²) in [6.45, 7) is 2.21. The molecular formula is C12H15BrFN3O2. The van der Waals surface area contributed by atoms with E-state index >= 15 is 0 Å². The van der Waals surface area contributed by atoms with E-state index in [4.69, 9.17) is 10.9 Å². The van der Waals surface area contributed by atoms with Gasteiger partial charge in [-0.2, -0.15) is 0 Å². The van der Waals surface area contributed by atoms with Crippen molar-refractivity contribution in [2.75, 3.05) is 13.1 Å². The third-order valence-electron chi connectivity index (χ3n) is 2.44. The van der Waals surface area contributed by atoms with Gasteiger partial charge in [-0.3, -0.25) is 4.79 Å². The smallest absolute Gasteiger partial charge is 0.258 e. The Morgan fingerprint density at radius 3 is 2.79 bits per heavy atom. The summed E-state index contributed by atoms with van der Waals surface area (Å²) in [6.07, 6.45) is 0.677. The van der Waals surface area contributed by atoms with Gasteiger partial charge < -0.3 is 15.8 Å². The molecule has 0 spiro atoms. The third kappa shape index (κ3) is 3.92. The van der Waals surface area contributed by atoms with Crippen molar-refractivity contribution < 1.29 is 14.4 Å². The number of benzene rings is 1. The van der Waals surface area contributed by atoms with E-state index < -0.39 is 11.7 Å². The second-order valence-electron chi connectivity index (χ2n) is 3.91. The summed E-state index contributed by atoms with van der Waals surface area (Å²) in [5, 5.41) is 11.4. The number of amides is 1. The van der Waals surface area contributed by atoms with Crippen LogP contribution < -0.4 is 5.73 Å². The maximum Gasteiger partial charge on any atom is 0.258 e. The van der Waals surface area contributed by atoms with Crippen molar-refractivity contribution >= 4 is 27.7 Å². The molecule has 0 aromatic heterocycles.